The quantitative estimate of drug-likeness (QED) is 0.648. The molecular formula is C13H13N5O2. The summed E-state index contributed by atoms with van der Waals surface area (Å²) >= 11 is 0. The average molecular weight is 271 g/mol. The van der Waals surface area contributed by atoms with Crippen LogP contribution in [0.25, 0.3) is 10.8 Å². The number of benzene rings is 1. The van der Waals surface area contributed by atoms with Crippen molar-refractivity contribution in [2.75, 3.05) is 5.32 Å². The van der Waals surface area contributed by atoms with Gasteiger partial charge in [0, 0.05) is 18.9 Å². The molecule has 0 bridgehead atoms. The average Bonchev–Trinajstić information content (AvgIpc) is 2.86. The third kappa shape index (κ3) is 1.99. The molecule has 0 aliphatic rings. The summed E-state index contributed by atoms with van der Waals surface area (Å²) in [6, 6.07) is 7.02. The zero-order chi connectivity index (χ0) is 14.1. The van der Waals surface area contributed by atoms with E-state index in [4.69, 9.17) is 0 Å². The van der Waals surface area contributed by atoms with Gasteiger partial charge in [0.05, 0.1) is 23.0 Å². The molecule has 3 aromatic rings. The van der Waals surface area contributed by atoms with E-state index in [1.54, 1.807) is 29.1 Å². The van der Waals surface area contributed by atoms with E-state index in [0.717, 1.165) is 5.69 Å². The topological polar surface area (TPSA) is 95.6 Å². The monoisotopic (exact) mass is 271 g/mol. The van der Waals surface area contributed by atoms with Crippen LogP contribution in [0.4, 0.5) is 5.69 Å². The Morgan fingerprint density at radius 3 is 2.75 bits per heavy atom. The van der Waals surface area contributed by atoms with Crippen molar-refractivity contribution in [3.05, 3.63) is 56.9 Å². The summed E-state index contributed by atoms with van der Waals surface area (Å²) in [4.78, 5) is 23.6. The molecule has 0 amide bonds. The highest BCUT2D eigenvalue weighted by Crippen LogP contribution is 2.17. The fourth-order valence-electron chi connectivity index (χ4n) is 2.14. The lowest BCUT2D eigenvalue weighted by atomic mass is 10.1. The molecule has 0 saturated heterocycles. The Labute approximate surface area is 113 Å². The van der Waals surface area contributed by atoms with Crippen LogP contribution in [0.5, 0.6) is 0 Å². The largest absolute Gasteiger partial charge is 0.379 e. The fourth-order valence-corrected chi connectivity index (χ4v) is 2.14. The van der Waals surface area contributed by atoms with Gasteiger partial charge in [0.1, 0.15) is 0 Å². The highest BCUT2D eigenvalue weighted by Gasteiger charge is 2.08. The summed E-state index contributed by atoms with van der Waals surface area (Å²) < 4.78 is 1.75. The SMILES string of the molecule is Cn1nccc1CNc1cccc2c(=O)[nH][nH]c(=O)c12. The van der Waals surface area contributed by atoms with E-state index >= 15 is 0 Å². The van der Waals surface area contributed by atoms with Crippen LogP contribution in [0.15, 0.2) is 40.1 Å². The van der Waals surface area contributed by atoms with Gasteiger partial charge in [-0.3, -0.25) is 24.5 Å². The van der Waals surface area contributed by atoms with Crippen LogP contribution in [0, 0.1) is 0 Å². The molecule has 7 nitrogen and oxygen atoms in total. The van der Waals surface area contributed by atoms with E-state index < -0.39 is 0 Å². The number of hydrogen-bond acceptors (Lipinski definition) is 4. The number of fused-ring (bicyclic) bond motifs is 1. The van der Waals surface area contributed by atoms with Gasteiger partial charge in [-0.2, -0.15) is 5.10 Å². The maximum Gasteiger partial charge on any atom is 0.272 e. The number of hydrogen-bond donors (Lipinski definition) is 3. The molecule has 3 rings (SSSR count). The number of anilines is 1. The van der Waals surface area contributed by atoms with Gasteiger partial charge in [-0.1, -0.05) is 6.07 Å². The highest BCUT2D eigenvalue weighted by atomic mass is 16.1. The number of aryl methyl sites for hydroxylation is 1. The van der Waals surface area contributed by atoms with Crippen molar-refractivity contribution in [1.29, 1.82) is 0 Å². The van der Waals surface area contributed by atoms with Crippen molar-refractivity contribution in [1.82, 2.24) is 20.0 Å². The first kappa shape index (κ1) is 12.2. The van der Waals surface area contributed by atoms with E-state index in [-0.39, 0.29) is 11.1 Å². The van der Waals surface area contributed by atoms with E-state index in [0.29, 0.717) is 23.0 Å². The highest BCUT2D eigenvalue weighted by molar-refractivity contribution is 5.92. The van der Waals surface area contributed by atoms with E-state index in [2.05, 4.69) is 20.6 Å². The molecule has 0 spiro atoms. The van der Waals surface area contributed by atoms with Crippen LogP contribution in [-0.4, -0.2) is 20.0 Å². The summed E-state index contributed by atoms with van der Waals surface area (Å²) in [6.45, 7) is 0.516. The van der Waals surface area contributed by atoms with Crippen LogP contribution >= 0.6 is 0 Å². The molecule has 3 N–H and O–H groups in total. The Balaban J connectivity index is 2.04. The second-order valence-corrected chi connectivity index (χ2v) is 4.44. The molecule has 0 unspecified atom stereocenters. The third-order valence-corrected chi connectivity index (χ3v) is 3.21. The zero-order valence-electron chi connectivity index (χ0n) is 10.8. The summed E-state index contributed by atoms with van der Waals surface area (Å²) in [5, 5.41) is 12.6. The normalized spacial score (nSPS) is 10.8. The lowest BCUT2D eigenvalue weighted by Gasteiger charge is -2.08. The molecule has 0 atom stereocenters. The van der Waals surface area contributed by atoms with Gasteiger partial charge in [-0.15, -0.1) is 0 Å². The number of H-pyrrole nitrogens is 2. The van der Waals surface area contributed by atoms with Gasteiger partial charge in [0.25, 0.3) is 11.1 Å². The summed E-state index contributed by atoms with van der Waals surface area (Å²) in [5.74, 6) is 0. The zero-order valence-corrected chi connectivity index (χ0v) is 10.8. The van der Waals surface area contributed by atoms with Crippen LogP contribution in [-0.2, 0) is 13.6 Å². The van der Waals surface area contributed by atoms with E-state index in [1.165, 1.54) is 0 Å². The van der Waals surface area contributed by atoms with Gasteiger partial charge in [-0.25, -0.2) is 0 Å². The lowest BCUT2D eigenvalue weighted by molar-refractivity contribution is 0.720. The summed E-state index contributed by atoms with van der Waals surface area (Å²) in [5.41, 5.74) is 0.954. The summed E-state index contributed by atoms with van der Waals surface area (Å²) in [6.07, 6.45) is 1.71. The van der Waals surface area contributed by atoms with Crippen molar-refractivity contribution in [2.24, 2.45) is 7.05 Å². The maximum absolute atomic E-state index is 11.9. The van der Waals surface area contributed by atoms with Gasteiger partial charge in [0.15, 0.2) is 0 Å². The molecule has 2 heterocycles. The Bertz CT molecular complexity index is 874. The maximum atomic E-state index is 11.9. The molecule has 1 aromatic carbocycles. The minimum absolute atomic E-state index is 0.316. The predicted octanol–water partition coefficient (Wildman–Crippen LogP) is 0.562. The molecule has 2 aromatic heterocycles. The van der Waals surface area contributed by atoms with Crippen molar-refractivity contribution in [2.45, 2.75) is 6.54 Å². The van der Waals surface area contributed by atoms with E-state index in [1.807, 2.05) is 13.1 Å². The van der Waals surface area contributed by atoms with Crippen LogP contribution in [0.3, 0.4) is 0 Å². The van der Waals surface area contributed by atoms with Gasteiger partial charge < -0.3 is 5.32 Å². The van der Waals surface area contributed by atoms with Crippen LogP contribution < -0.4 is 16.4 Å². The molecule has 0 radical (unpaired) electrons. The van der Waals surface area contributed by atoms with E-state index in [9.17, 15) is 9.59 Å². The molecule has 0 fully saturated rings. The number of rotatable bonds is 3. The number of aromatic nitrogens is 4. The van der Waals surface area contributed by atoms with Crippen LogP contribution in [0.2, 0.25) is 0 Å². The first-order valence-corrected chi connectivity index (χ1v) is 6.11. The Morgan fingerprint density at radius 1 is 1.20 bits per heavy atom. The van der Waals surface area contributed by atoms with Gasteiger partial charge in [0.2, 0.25) is 0 Å². The molecule has 7 heteroatoms. The Kier molecular flexibility index (Phi) is 2.86. The van der Waals surface area contributed by atoms with Gasteiger partial charge in [-0.05, 0) is 18.2 Å². The first-order chi connectivity index (χ1) is 9.66. The van der Waals surface area contributed by atoms with Crippen molar-refractivity contribution >= 4 is 16.5 Å². The second-order valence-electron chi connectivity index (χ2n) is 4.44. The van der Waals surface area contributed by atoms with Crippen LogP contribution in [0.1, 0.15) is 5.69 Å². The minimum atomic E-state index is -0.326. The fraction of sp³-hybridized carbons (Fsp3) is 0.154. The minimum Gasteiger partial charge on any atom is -0.379 e. The number of aromatic amines is 2. The van der Waals surface area contributed by atoms with Crippen molar-refractivity contribution in [3.63, 3.8) is 0 Å². The lowest BCUT2D eigenvalue weighted by Crippen LogP contribution is -2.20. The molecule has 0 saturated carbocycles. The standard InChI is InChI=1S/C13H13N5O2/c1-18-8(5-6-15-18)7-14-10-4-2-3-9-11(10)13(20)17-16-12(9)19/h2-6,14H,7H2,1H3,(H,16,19)(H,17,20). The number of nitrogens with zero attached hydrogens (tertiary/aromatic N) is 2. The van der Waals surface area contributed by atoms with Gasteiger partial charge >= 0.3 is 0 Å². The molecule has 0 aliphatic heterocycles. The number of nitrogens with one attached hydrogen (secondary N) is 3. The van der Waals surface area contributed by atoms with Crippen molar-refractivity contribution in [3.8, 4) is 0 Å². The Morgan fingerprint density at radius 2 is 2.00 bits per heavy atom. The molecule has 0 aliphatic carbocycles. The third-order valence-electron chi connectivity index (χ3n) is 3.21. The van der Waals surface area contributed by atoms with Crippen molar-refractivity contribution < 1.29 is 0 Å². The summed E-state index contributed by atoms with van der Waals surface area (Å²) in [7, 11) is 1.84. The molecular weight excluding hydrogens is 258 g/mol. The predicted molar refractivity (Wildman–Crippen MR) is 75.7 cm³/mol. The molecule has 20 heavy (non-hydrogen) atoms. The second kappa shape index (κ2) is 4.69. The smallest absolute Gasteiger partial charge is 0.272 e. The Hall–Kier alpha value is -2.83. The molecule has 102 valence electrons. The first-order valence-electron chi connectivity index (χ1n) is 6.11.